The van der Waals surface area contributed by atoms with Gasteiger partial charge in [-0.25, -0.2) is 34.3 Å². The molecule has 0 aliphatic heterocycles. The summed E-state index contributed by atoms with van der Waals surface area (Å²) in [6.07, 6.45) is 2.78. The Morgan fingerprint density at radius 1 is 0.459 bits per heavy atom. The molecule has 516 valence electrons. The molecule has 0 bridgehead atoms. The Labute approximate surface area is 596 Å². The van der Waals surface area contributed by atoms with E-state index in [4.69, 9.17) is 26.4 Å². The van der Waals surface area contributed by atoms with Gasteiger partial charge in [0, 0.05) is 55.3 Å². The van der Waals surface area contributed by atoms with Crippen molar-refractivity contribution in [3.05, 3.63) is 230 Å². The molecule has 23 heteroatoms. The monoisotopic (exact) mass is 1420 g/mol. The number of carbonyl (C=O) groups is 7. The van der Waals surface area contributed by atoms with Crippen LogP contribution in [0.2, 0.25) is 0 Å². The van der Waals surface area contributed by atoms with E-state index in [2.05, 4.69) is 30.6 Å². The van der Waals surface area contributed by atoms with Gasteiger partial charge in [0.25, 0.3) is 5.91 Å². The van der Waals surface area contributed by atoms with Gasteiger partial charge in [0.1, 0.15) is 32.4 Å². The summed E-state index contributed by atoms with van der Waals surface area (Å²) in [4.78, 5) is 98.1. The third-order valence-corrected chi connectivity index (χ3v) is 17.2. The van der Waals surface area contributed by atoms with Gasteiger partial charge < -0.3 is 37.1 Å². The number of nitrogen functional groups attached to an aromatic ring is 1. The van der Waals surface area contributed by atoms with Crippen LogP contribution < -0.4 is 22.1 Å². The zero-order chi connectivity index (χ0) is 70.7. The highest BCUT2D eigenvalue weighted by Crippen LogP contribution is 2.26. The van der Waals surface area contributed by atoms with Gasteiger partial charge in [-0.1, -0.05) is 192 Å². The predicted molar refractivity (Wildman–Crippen MR) is 401 cm³/mol. The molecule has 8 N–H and O–H groups in total. The summed E-state index contributed by atoms with van der Waals surface area (Å²) < 4.78 is 4.91. The number of nitrogens with one attached hydrogen (secondary N) is 2. The number of nitrogens with two attached hydrogens (primary N) is 2. The second kappa shape index (κ2) is 43.0. The molecule has 4 heterocycles. The fraction of sp³-hybridized carbons (Fsp3) is 0.267. The summed E-state index contributed by atoms with van der Waals surface area (Å²) in [6, 6.07) is 55.4. The Bertz CT molecular complexity index is 3900. The zero-order valence-corrected chi connectivity index (χ0v) is 60.4. The number of rotatable bonds is 22. The maximum atomic E-state index is 12.6. The molecular formula is C75H86N8O10S5. The zero-order valence-electron chi connectivity index (χ0n) is 56.1. The fourth-order valence-electron chi connectivity index (χ4n) is 8.37. The lowest BCUT2D eigenvalue weighted by Gasteiger charge is -2.21. The highest BCUT2D eigenvalue weighted by atomic mass is 32.1. The molecule has 0 fully saturated rings. The number of nitrogens with zero attached hydrogens (tertiary/aromatic N) is 4. The Hall–Kier alpha value is -9.36. The SMILES string of the molecule is CC[C@H](C)C(=O)Cc1nc(-c2ccccc2)cs1.CC[C@H](N)C(=O)Cc1nc(-c2ccccc2)cs1.CC[C@H](NC(=O)OC(C)(C)C)C(=O)O.CC[C@H](NC(=O)c1ccccc1)C(=O)Cc1nc(-c2ccccc2)cs1.Nc1nc(-c2ccccc2)cs1.O=C(O)c1ccccc1.S. The number of hydrogen-bond donors (Lipinski definition) is 6. The number of aromatic carboxylic acids is 1. The van der Waals surface area contributed by atoms with Crippen molar-refractivity contribution in [3.63, 3.8) is 0 Å². The summed E-state index contributed by atoms with van der Waals surface area (Å²) in [5.74, 6) is -1.71. The highest BCUT2D eigenvalue weighted by Gasteiger charge is 2.24. The molecule has 0 radical (unpaired) electrons. The minimum Gasteiger partial charge on any atom is -0.480 e. The first-order valence-electron chi connectivity index (χ1n) is 31.5. The second-order valence-corrected chi connectivity index (χ2v) is 26.3. The van der Waals surface area contributed by atoms with Crippen LogP contribution in [-0.4, -0.2) is 95.2 Å². The molecule has 0 saturated carbocycles. The third kappa shape index (κ3) is 29.2. The lowest BCUT2D eigenvalue weighted by atomic mass is 10.0. The number of hydrogen-bond acceptors (Lipinski definition) is 18. The van der Waals surface area contributed by atoms with E-state index in [1.165, 1.54) is 34.0 Å². The number of carboxylic acids is 2. The van der Waals surface area contributed by atoms with E-state index in [0.717, 1.165) is 66.5 Å². The summed E-state index contributed by atoms with van der Waals surface area (Å²) in [5.41, 5.74) is 19.6. The first kappa shape index (κ1) is 81.1. The predicted octanol–water partition coefficient (Wildman–Crippen LogP) is 16.0. The number of anilines is 1. The van der Waals surface area contributed by atoms with Crippen LogP contribution in [-0.2, 0) is 43.2 Å². The molecular weight excluding hydrogens is 1330 g/mol. The number of ketones is 3. The lowest BCUT2D eigenvalue weighted by Crippen LogP contribution is -2.43. The summed E-state index contributed by atoms with van der Waals surface area (Å²) in [7, 11) is 0. The Kier molecular flexibility index (Phi) is 35.6. The Morgan fingerprint density at radius 2 is 0.806 bits per heavy atom. The average Bonchev–Trinajstić information content (AvgIpc) is 1.75. The van der Waals surface area contributed by atoms with E-state index in [-0.39, 0.29) is 55.1 Å². The molecule has 0 aliphatic rings. The number of carboxylic acid groups (broad SMARTS) is 2. The first-order chi connectivity index (χ1) is 46.5. The van der Waals surface area contributed by atoms with Crippen LogP contribution in [0.5, 0.6) is 0 Å². The average molecular weight is 1420 g/mol. The number of alkyl carbamates (subject to hydrolysis) is 1. The van der Waals surface area contributed by atoms with Crippen molar-refractivity contribution in [2.75, 3.05) is 5.73 Å². The lowest BCUT2D eigenvalue weighted by molar-refractivity contribution is -0.139. The molecule has 98 heavy (non-hydrogen) atoms. The number of Topliss-reactive ketones (excluding diaryl/α,β-unsaturated/α-hetero) is 3. The molecule has 0 unspecified atom stereocenters. The van der Waals surface area contributed by atoms with Gasteiger partial charge in [0.2, 0.25) is 0 Å². The van der Waals surface area contributed by atoms with Crippen molar-refractivity contribution in [2.24, 2.45) is 11.7 Å². The molecule has 0 aliphatic carbocycles. The topological polar surface area (TPSA) is 297 Å². The molecule has 2 amide bonds. The van der Waals surface area contributed by atoms with E-state index in [1.807, 2.05) is 177 Å². The molecule has 18 nitrogen and oxygen atoms in total. The van der Waals surface area contributed by atoms with E-state index in [9.17, 15) is 33.6 Å². The van der Waals surface area contributed by atoms with Crippen LogP contribution in [0, 0.1) is 5.92 Å². The molecule has 4 atom stereocenters. The molecule has 0 spiro atoms. The maximum absolute atomic E-state index is 12.6. The number of amides is 2. The van der Waals surface area contributed by atoms with Crippen molar-refractivity contribution >= 4 is 105 Å². The van der Waals surface area contributed by atoms with Crippen molar-refractivity contribution in [1.29, 1.82) is 0 Å². The minimum absolute atomic E-state index is 0. The second-order valence-electron chi connectivity index (χ2n) is 22.6. The summed E-state index contributed by atoms with van der Waals surface area (Å²) in [6.45, 7) is 14.7. The van der Waals surface area contributed by atoms with Crippen LogP contribution in [0.25, 0.3) is 45.0 Å². The number of aromatic nitrogens is 4. The van der Waals surface area contributed by atoms with Crippen molar-refractivity contribution < 1.29 is 48.5 Å². The Morgan fingerprint density at radius 3 is 1.12 bits per heavy atom. The number of thiazole rings is 4. The molecule has 10 aromatic rings. The number of aliphatic carboxylic acids is 1. The van der Waals surface area contributed by atoms with Gasteiger partial charge in [0.15, 0.2) is 16.7 Å². The third-order valence-electron chi connectivity index (χ3n) is 14.0. The van der Waals surface area contributed by atoms with Gasteiger partial charge in [-0.15, -0.1) is 45.3 Å². The van der Waals surface area contributed by atoms with Crippen LogP contribution >= 0.6 is 58.8 Å². The fourth-order valence-corrected chi connectivity index (χ4v) is 11.4. The van der Waals surface area contributed by atoms with Crippen LogP contribution in [0.1, 0.15) is 117 Å². The molecule has 0 saturated heterocycles. The quantitative estimate of drug-likeness (QED) is 0.0367. The Balaban J connectivity index is 0.000000257. The van der Waals surface area contributed by atoms with E-state index < -0.39 is 35.7 Å². The molecule has 10 rings (SSSR count). The van der Waals surface area contributed by atoms with Crippen molar-refractivity contribution in [1.82, 2.24) is 30.6 Å². The van der Waals surface area contributed by atoms with Crippen LogP contribution in [0.15, 0.2) is 204 Å². The van der Waals surface area contributed by atoms with Crippen LogP contribution in [0.4, 0.5) is 9.93 Å². The van der Waals surface area contributed by atoms with E-state index >= 15 is 0 Å². The van der Waals surface area contributed by atoms with Crippen molar-refractivity contribution in [3.8, 4) is 45.0 Å². The normalized spacial score (nSPS) is 11.6. The number of carbonyl (C=O) groups excluding carboxylic acids is 5. The summed E-state index contributed by atoms with van der Waals surface area (Å²) in [5, 5.41) is 33.2. The molecule has 6 aromatic carbocycles. The number of ether oxygens (including phenoxy) is 1. The summed E-state index contributed by atoms with van der Waals surface area (Å²) >= 11 is 6.02. The first-order valence-corrected chi connectivity index (χ1v) is 35.0. The smallest absolute Gasteiger partial charge is 0.408 e. The maximum Gasteiger partial charge on any atom is 0.408 e. The highest BCUT2D eigenvalue weighted by molar-refractivity contribution is 7.59. The van der Waals surface area contributed by atoms with Gasteiger partial charge >= 0.3 is 18.0 Å². The van der Waals surface area contributed by atoms with Crippen LogP contribution in [0.3, 0.4) is 0 Å². The van der Waals surface area contributed by atoms with Crippen molar-refractivity contribution in [2.45, 2.75) is 124 Å². The largest absolute Gasteiger partial charge is 0.480 e. The van der Waals surface area contributed by atoms with Gasteiger partial charge in [-0.2, -0.15) is 13.5 Å². The number of benzene rings is 6. The van der Waals surface area contributed by atoms with Gasteiger partial charge in [-0.3, -0.25) is 19.2 Å². The standard InChI is InChI=1S/C21H20N2O2S.C15H17NOS.C14H16N2OS.C9H8N2S.C9H17NO4.C7H6O2.H2S/c1-2-17(23-21(25)16-11-7-4-8-12-16)19(24)13-20-22-18(14-26-20)15-9-5-3-6-10-15;1-3-11(2)14(17)9-15-16-13(10-18-15)12-7-5-4-6-8-12;1-2-11(15)13(17)8-14-16-12(9-18-14)10-6-4-3-5-7-10;10-9-11-8(6-12-9)7-4-2-1-3-5-7;1-5-6(7(11)12)10-8(13)14-9(2,3)4;8-7(9)6-4-2-1-3-5-6;/h3-12,14,17H,2,13H2,1H3,(H,23,25);4-8,10-11H,3,9H2,1-2H3;3-7,9,11H,2,8,15H2,1H3;1-6H,(H2,10,11);6H,5H2,1-4H3,(H,10,13)(H,11,12);1-5H,(H,8,9);1H2/t17-;2*11-;;6-;;/m000.0../s1. The van der Waals surface area contributed by atoms with E-state index in [1.54, 1.807) is 93.6 Å². The minimum atomic E-state index is -1.06. The van der Waals surface area contributed by atoms with Gasteiger partial charge in [-0.05, 0) is 70.7 Å². The molecule has 4 aromatic heterocycles. The van der Waals surface area contributed by atoms with E-state index in [0.29, 0.717) is 48.4 Å². The van der Waals surface area contributed by atoms with Gasteiger partial charge in [0.05, 0.1) is 59.7 Å².